The van der Waals surface area contributed by atoms with E-state index in [1.165, 1.54) is 31.2 Å². The van der Waals surface area contributed by atoms with E-state index in [1.807, 2.05) is 29.2 Å². The lowest BCUT2D eigenvalue weighted by atomic mass is 10.1. The molecule has 3 aromatic rings. The van der Waals surface area contributed by atoms with E-state index in [0.717, 1.165) is 30.2 Å². The molecule has 7 heteroatoms. The molecule has 1 aliphatic heterocycles. The van der Waals surface area contributed by atoms with Crippen LogP contribution in [0.3, 0.4) is 0 Å². The summed E-state index contributed by atoms with van der Waals surface area (Å²) in [4.78, 5) is 6.70. The molecule has 0 saturated carbocycles. The Morgan fingerprint density at radius 3 is 2.36 bits per heavy atom. The summed E-state index contributed by atoms with van der Waals surface area (Å²) in [7, 11) is 1.68. The van der Waals surface area contributed by atoms with Crippen LogP contribution in [0.4, 0.5) is 0 Å². The maximum absolute atomic E-state index is 5.26. The number of hydrogen-bond acceptors (Lipinski definition) is 6. The van der Waals surface area contributed by atoms with Crippen molar-refractivity contribution in [3.8, 4) is 5.75 Å². The topological polar surface area (TPSA) is 69.0 Å². The molecule has 2 aromatic heterocycles. The first-order chi connectivity index (χ1) is 13.8. The number of methoxy groups -OCH3 is 1. The maximum atomic E-state index is 5.26. The van der Waals surface area contributed by atoms with Gasteiger partial charge in [0.2, 0.25) is 0 Å². The molecular weight excluding hydrogens is 352 g/mol. The van der Waals surface area contributed by atoms with Crippen molar-refractivity contribution in [2.24, 2.45) is 0 Å². The Bertz CT molecular complexity index is 856. The number of aromatic nitrogens is 5. The first-order valence-electron chi connectivity index (χ1n) is 9.88. The molecule has 1 aromatic carbocycles. The fraction of sp³-hybridized carbons (Fsp3) is 0.429. The second kappa shape index (κ2) is 8.93. The minimum absolute atomic E-state index is 0.0364. The van der Waals surface area contributed by atoms with Gasteiger partial charge in [-0.05, 0) is 71.8 Å². The van der Waals surface area contributed by atoms with Crippen molar-refractivity contribution in [2.45, 2.75) is 38.3 Å². The van der Waals surface area contributed by atoms with Crippen molar-refractivity contribution in [2.75, 3.05) is 20.2 Å². The van der Waals surface area contributed by atoms with E-state index in [-0.39, 0.29) is 6.04 Å². The highest BCUT2D eigenvalue weighted by atomic mass is 16.5. The van der Waals surface area contributed by atoms with Gasteiger partial charge in [-0.3, -0.25) is 9.88 Å². The fourth-order valence-corrected chi connectivity index (χ4v) is 3.85. The van der Waals surface area contributed by atoms with Gasteiger partial charge < -0.3 is 4.74 Å². The van der Waals surface area contributed by atoms with Gasteiger partial charge in [-0.25, -0.2) is 4.68 Å². The Morgan fingerprint density at radius 1 is 0.964 bits per heavy atom. The molecule has 28 heavy (non-hydrogen) atoms. The third-order valence-electron chi connectivity index (χ3n) is 5.32. The minimum atomic E-state index is 0.0364. The van der Waals surface area contributed by atoms with Crippen molar-refractivity contribution >= 4 is 0 Å². The maximum Gasteiger partial charge on any atom is 0.173 e. The number of likely N-dealkylation sites (tertiary alicyclic amines) is 1. The predicted molar refractivity (Wildman–Crippen MR) is 106 cm³/mol. The SMILES string of the molecule is COc1ccc(Cn2nnnc2[C@H](c2ccncc2)N2CCCCCC2)cc1. The van der Waals surface area contributed by atoms with E-state index < -0.39 is 0 Å². The van der Waals surface area contributed by atoms with Crippen molar-refractivity contribution < 1.29 is 4.74 Å². The Balaban J connectivity index is 1.65. The van der Waals surface area contributed by atoms with Gasteiger partial charge >= 0.3 is 0 Å². The van der Waals surface area contributed by atoms with Crippen LogP contribution in [-0.2, 0) is 6.54 Å². The summed E-state index contributed by atoms with van der Waals surface area (Å²) in [6.45, 7) is 2.74. The van der Waals surface area contributed by atoms with Crippen LogP contribution in [0.1, 0.15) is 48.7 Å². The second-order valence-corrected chi connectivity index (χ2v) is 7.18. The molecule has 1 fully saturated rings. The molecule has 7 nitrogen and oxygen atoms in total. The largest absolute Gasteiger partial charge is 0.497 e. The van der Waals surface area contributed by atoms with Crippen LogP contribution in [0.2, 0.25) is 0 Å². The number of rotatable bonds is 6. The van der Waals surface area contributed by atoms with E-state index in [0.29, 0.717) is 6.54 Å². The number of benzene rings is 1. The summed E-state index contributed by atoms with van der Waals surface area (Å²) in [5, 5.41) is 12.8. The highest BCUT2D eigenvalue weighted by Gasteiger charge is 2.28. The van der Waals surface area contributed by atoms with Gasteiger partial charge in [-0.2, -0.15) is 0 Å². The van der Waals surface area contributed by atoms with Crippen molar-refractivity contribution in [1.82, 2.24) is 30.1 Å². The van der Waals surface area contributed by atoms with E-state index in [9.17, 15) is 0 Å². The van der Waals surface area contributed by atoms with Gasteiger partial charge in [-0.15, -0.1) is 5.10 Å². The van der Waals surface area contributed by atoms with Crippen LogP contribution in [0, 0.1) is 0 Å². The van der Waals surface area contributed by atoms with Crippen LogP contribution < -0.4 is 4.74 Å². The van der Waals surface area contributed by atoms with Crippen LogP contribution in [0.15, 0.2) is 48.8 Å². The molecule has 4 rings (SSSR count). The average Bonchev–Trinajstić information content (AvgIpc) is 3.02. The lowest BCUT2D eigenvalue weighted by Crippen LogP contribution is -2.33. The van der Waals surface area contributed by atoms with Crippen LogP contribution in [0.25, 0.3) is 0 Å². The average molecular weight is 378 g/mol. The van der Waals surface area contributed by atoms with E-state index in [1.54, 1.807) is 7.11 Å². The number of nitrogens with zero attached hydrogens (tertiary/aromatic N) is 6. The lowest BCUT2D eigenvalue weighted by molar-refractivity contribution is 0.221. The molecular formula is C21H26N6O. The second-order valence-electron chi connectivity index (χ2n) is 7.18. The molecule has 0 spiro atoms. The Kier molecular flexibility index (Phi) is 5.92. The van der Waals surface area contributed by atoms with Crippen LogP contribution in [0.5, 0.6) is 5.75 Å². The predicted octanol–water partition coefficient (Wildman–Crippen LogP) is 3.09. The highest BCUT2D eigenvalue weighted by molar-refractivity contribution is 5.28. The zero-order valence-corrected chi connectivity index (χ0v) is 16.2. The summed E-state index contributed by atoms with van der Waals surface area (Å²) >= 11 is 0. The van der Waals surface area contributed by atoms with Gasteiger partial charge in [-0.1, -0.05) is 25.0 Å². The molecule has 0 bridgehead atoms. The van der Waals surface area contributed by atoms with Gasteiger partial charge in [0, 0.05) is 12.4 Å². The lowest BCUT2D eigenvalue weighted by Gasteiger charge is -2.30. The van der Waals surface area contributed by atoms with Gasteiger partial charge in [0.15, 0.2) is 5.82 Å². The Labute approximate surface area is 165 Å². The Hall–Kier alpha value is -2.80. The third-order valence-corrected chi connectivity index (χ3v) is 5.32. The molecule has 0 N–H and O–H groups in total. The van der Waals surface area contributed by atoms with E-state index >= 15 is 0 Å². The molecule has 0 radical (unpaired) electrons. The fourth-order valence-electron chi connectivity index (χ4n) is 3.85. The number of hydrogen-bond donors (Lipinski definition) is 0. The standard InChI is InChI=1S/C21H26N6O/c1-28-19-8-6-17(7-9-19)16-27-21(23-24-25-27)20(18-10-12-22-13-11-18)26-14-4-2-3-5-15-26/h6-13,20H,2-5,14-16H2,1H3/t20-/m0/s1. The number of tetrazole rings is 1. The highest BCUT2D eigenvalue weighted by Crippen LogP contribution is 2.29. The van der Waals surface area contributed by atoms with Crippen LogP contribution in [-0.4, -0.2) is 50.3 Å². The monoisotopic (exact) mass is 378 g/mol. The van der Waals surface area contributed by atoms with Gasteiger partial charge in [0.25, 0.3) is 0 Å². The van der Waals surface area contributed by atoms with Gasteiger partial charge in [0.1, 0.15) is 5.75 Å². The molecule has 0 aliphatic carbocycles. The van der Waals surface area contributed by atoms with Crippen molar-refractivity contribution in [3.05, 3.63) is 65.7 Å². The summed E-state index contributed by atoms with van der Waals surface area (Å²) in [5.74, 6) is 1.73. The quantitative estimate of drug-likeness (QED) is 0.657. The summed E-state index contributed by atoms with van der Waals surface area (Å²) in [6, 6.07) is 12.2. The number of ether oxygens (including phenoxy) is 1. The van der Waals surface area contributed by atoms with Crippen LogP contribution >= 0.6 is 0 Å². The molecule has 1 saturated heterocycles. The zero-order chi connectivity index (χ0) is 19.2. The smallest absolute Gasteiger partial charge is 0.173 e. The minimum Gasteiger partial charge on any atom is -0.497 e. The molecule has 146 valence electrons. The third kappa shape index (κ3) is 4.20. The first kappa shape index (κ1) is 18.6. The van der Waals surface area contributed by atoms with E-state index in [4.69, 9.17) is 4.74 Å². The molecule has 0 unspecified atom stereocenters. The van der Waals surface area contributed by atoms with Crippen molar-refractivity contribution in [3.63, 3.8) is 0 Å². The van der Waals surface area contributed by atoms with Crippen molar-refractivity contribution in [1.29, 1.82) is 0 Å². The number of pyridine rings is 1. The molecule has 1 atom stereocenters. The molecule has 0 amide bonds. The normalized spacial score (nSPS) is 16.5. The zero-order valence-electron chi connectivity index (χ0n) is 16.2. The molecule has 1 aliphatic rings. The molecule has 3 heterocycles. The Morgan fingerprint density at radius 2 is 1.68 bits per heavy atom. The van der Waals surface area contributed by atoms with E-state index in [2.05, 4.69) is 49.7 Å². The summed E-state index contributed by atoms with van der Waals surface area (Å²) < 4.78 is 7.17. The van der Waals surface area contributed by atoms with Gasteiger partial charge in [0.05, 0.1) is 19.7 Å². The first-order valence-corrected chi connectivity index (χ1v) is 9.88. The summed E-state index contributed by atoms with van der Waals surface area (Å²) in [5.41, 5.74) is 2.32. The summed E-state index contributed by atoms with van der Waals surface area (Å²) in [6.07, 6.45) is 8.69.